The highest BCUT2D eigenvalue weighted by Crippen LogP contribution is 2.52. The Labute approximate surface area is 384 Å². The zero-order chi connectivity index (χ0) is 43.9. The van der Waals surface area contributed by atoms with Crippen molar-refractivity contribution in [3.8, 4) is 34.3 Å². The number of hydrogen-bond donors (Lipinski definition) is 1. The molecule has 320 valence electrons. The van der Waals surface area contributed by atoms with E-state index in [1.807, 2.05) is 24.3 Å². The van der Waals surface area contributed by atoms with Gasteiger partial charge >= 0.3 is 0 Å². The first-order valence-corrected chi connectivity index (χ1v) is 22.8. The monoisotopic (exact) mass is 858 g/mol. The zero-order valence-electron chi connectivity index (χ0n) is 36.6. The molecule has 0 amide bonds. The molecule has 4 heterocycles. The summed E-state index contributed by atoms with van der Waals surface area (Å²) in [6, 6.07) is 59.5. The normalized spacial score (nSPS) is 21.1. The van der Waals surface area contributed by atoms with E-state index >= 15 is 0 Å². The van der Waals surface area contributed by atoms with Crippen molar-refractivity contribution in [2.45, 2.75) is 38.1 Å². The van der Waals surface area contributed by atoms with E-state index in [2.05, 4.69) is 220 Å². The standard InChI is InChI=1S/C58H46N6O2/c1-38-35-40(30-33-46(38)64-49-23-11-14-26-54(49)66-55-27-15-16-34-58(55,64)2)57-60-45-37-50-44(36-51(45)63(57)42-19-7-4-8-20-42)59-56(62(50)41-17-5-3-6-18-41)39-28-31-43(32-29-39)61-47-21-9-12-24-52(47)65-53-25-13-10-22-48(53)61/h3-34,36-38,55,57,60H,35H2,1-2H3. The highest BCUT2D eigenvalue weighted by Gasteiger charge is 2.47. The molecule has 5 aliphatic rings. The van der Waals surface area contributed by atoms with Gasteiger partial charge in [-0.3, -0.25) is 4.57 Å². The van der Waals surface area contributed by atoms with Crippen molar-refractivity contribution in [2.24, 2.45) is 5.92 Å². The molecule has 0 saturated heterocycles. The van der Waals surface area contributed by atoms with Crippen molar-refractivity contribution < 1.29 is 9.47 Å². The highest BCUT2D eigenvalue weighted by atomic mass is 16.5. The lowest BCUT2D eigenvalue weighted by Crippen LogP contribution is -2.58. The number of imidazole rings is 1. The maximum atomic E-state index is 6.59. The molecule has 13 rings (SSSR count). The minimum Gasteiger partial charge on any atom is -0.481 e. The van der Waals surface area contributed by atoms with E-state index in [-0.39, 0.29) is 23.7 Å². The number of benzene rings is 7. The summed E-state index contributed by atoms with van der Waals surface area (Å²) < 4.78 is 15.2. The summed E-state index contributed by atoms with van der Waals surface area (Å²) in [5, 5.41) is 4.03. The first kappa shape index (κ1) is 38.2. The fourth-order valence-electron chi connectivity index (χ4n) is 10.7. The van der Waals surface area contributed by atoms with Crippen LogP contribution >= 0.6 is 0 Å². The molecule has 1 aromatic heterocycles. The number of ether oxygens (including phenoxy) is 2. The van der Waals surface area contributed by atoms with E-state index < -0.39 is 0 Å². The number of hydrogen-bond acceptors (Lipinski definition) is 7. The van der Waals surface area contributed by atoms with E-state index in [1.54, 1.807) is 0 Å². The predicted molar refractivity (Wildman–Crippen MR) is 267 cm³/mol. The number of nitrogens with one attached hydrogen (secondary N) is 1. The van der Waals surface area contributed by atoms with Crippen LogP contribution in [0.2, 0.25) is 0 Å². The number of anilines is 7. The molecule has 1 N–H and O–H groups in total. The summed E-state index contributed by atoms with van der Waals surface area (Å²) in [5.74, 6) is 3.69. The van der Waals surface area contributed by atoms with Crippen LogP contribution in [0.4, 0.5) is 39.8 Å². The number of fused-ring (bicyclic) bond motifs is 6. The molecule has 0 fully saturated rings. The third-order valence-electron chi connectivity index (χ3n) is 13.8. The molecule has 0 bridgehead atoms. The van der Waals surface area contributed by atoms with Gasteiger partial charge in [0.15, 0.2) is 11.5 Å². The minimum atomic E-state index is -0.361. The summed E-state index contributed by atoms with van der Waals surface area (Å²) in [6.07, 6.45) is 14.1. The first-order chi connectivity index (χ1) is 32.5. The second-order valence-electron chi connectivity index (χ2n) is 17.9. The second kappa shape index (κ2) is 14.9. The lowest BCUT2D eigenvalue weighted by atomic mass is 9.82. The van der Waals surface area contributed by atoms with Crippen LogP contribution < -0.4 is 29.5 Å². The van der Waals surface area contributed by atoms with Crippen molar-refractivity contribution >= 4 is 50.8 Å². The highest BCUT2D eigenvalue weighted by molar-refractivity contribution is 5.97. The molecule has 0 radical (unpaired) electrons. The molecule has 0 spiro atoms. The van der Waals surface area contributed by atoms with Gasteiger partial charge in [0.2, 0.25) is 0 Å². The predicted octanol–water partition coefficient (Wildman–Crippen LogP) is 14.2. The van der Waals surface area contributed by atoms with Crippen LogP contribution in [-0.4, -0.2) is 27.4 Å². The van der Waals surface area contributed by atoms with E-state index in [4.69, 9.17) is 14.5 Å². The lowest BCUT2D eigenvalue weighted by molar-refractivity contribution is 0.165. The third kappa shape index (κ3) is 5.94. The van der Waals surface area contributed by atoms with Crippen LogP contribution in [0.3, 0.4) is 0 Å². The van der Waals surface area contributed by atoms with Crippen LogP contribution in [-0.2, 0) is 0 Å². The minimum absolute atomic E-state index is 0.0955. The van der Waals surface area contributed by atoms with E-state index in [0.29, 0.717) is 0 Å². The summed E-state index contributed by atoms with van der Waals surface area (Å²) in [7, 11) is 0. The van der Waals surface area contributed by atoms with E-state index in [0.717, 1.165) is 91.6 Å². The van der Waals surface area contributed by atoms with Crippen LogP contribution in [0.5, 0.6) is 17.2 Å². The number of rotatable bonds is 6. The smallest absolute Gasteiger partial charge is 0.151 e. The van der Waals surface area contributed by atoms with Gasteiger partial charge in [0.05, 0.1) is 39.5 Å². The van der Waals surface area contributed by atoms with Gasteiger partial charge in [-0.1, -0.05) is 104 Å². The Hall–Kier alpha value is -8.23. The third-order valence-corrected chi connectivity index (χ3v) is 13.8. The van der Waals surface area contributed by atoms with Gasteiger partial charge in [0, 0.05) is 34.2 Å². The van der Waals surface area contributed by atoms with Gasteiger partial charge in [-0.05, 0) is 128 Å². The Kier molecular flexibility index (Phi) is 8.65. The largest absolute Gasteiger partial charge is 0.481 e. The van der Waals surface area contributed by atoms with Gasteiger partial charge in [0.25, 0.3) is 0 Å². The van der Waals surface area contributed by atoms with Gasteiger partial charge in [0.1, 0.15) is 29.4 Å². The zero-order valence-corrected chi connectivity index (χ0v) is 36.6. The Morgan fingerprint density at radius 2 is 1.29 bits per heavy atom. The first-order valence-electron chi connectivity index (χ1n) is 22.8. The fourth-order valence-corrected chi connectivity index (χ4v) is 10.7. The molecular formula is C58H46N6O2. The SMILES string of the molecule is CC1CC(C2Nc3cc4c(cc3N2c2ccccc2)nc(-c2ccc(N3c5ccccc5Oc5ccccc53)cc2)n4-c2ccccc2)=CC=C1N1c2ccccc2OC2C=CC=CC21C. The van der Waals surface area contributed by atoms with Crippen molar-refractivity contribution in [3.63, 3.8) is 0 Å². The van der Waals surface area contributed by atoms with E-state index in [9.17, 15) is 0 Å². The summed E-state index contributed by atoms with van der Waals surface area (Å²) in [6.45, 7) is 4.65. The van der Waals surface area contributed by atoms with Gasteiger partial charge in [-0.15, -0.1) is 0 Å². The molecule has 3 aliphatic heterocycles. The topological polar surface area (TPSA) is 58.0 Å². The van der Waals surface area contributed by atoms with Gasteiger partial charge in [-0.25, -0.2) is 4.98 Å². The molecule has 4 unspecified atom stereocenters. The van der Waals surface area contributed by atoms with Crippen LogP contribution in [0, 0.1) is 5.92 Å². The summed E-state index contributed by atoms with van der Waals surface area (Å²) >= 11 is 0. The average molecular weight is 859 g/mol. The summed E-state index contributed by atoms with van der Waals surface area (Å²) in [5.41, 5.74) is 13.7. The number of nitrogens with zero attached hydrogens (tertiary/aromatic N) is 5. The number of aromatic nitrogens is 2. The Bertz CT molecular complexity index is 3290. The fraction of sp³-hybridized carbons (Fsp3) is 0.121. The Morgan fingerprint density at radius 3 is 2.00 bits per heavy atom. The quantitative estimate of drug-likeness (QED) is 0.179. The number of allylic oxidation sites excluding steroid dienone is 5. The Morgan fingerprint density at radius 1 is 0.636 bits per heavy atom. The second-order valence-corrected chi connectivity index (χ2v) is 17.9. The van der Waals surface area contributed by atoms with Gasteiger partial charge in [-0.2, -0.15) is 0 Å². The molecule has 8 aromatic rings. The van der Waals surface area contributed by atoms with Crippen molar-refractivity contribution in [2.75, 3.05) is 20.0 Å². The van der Waals surface area contributed by atoms with Crippen LogP contribution in [0.25, 0.3) is 28.1 Å². The average Bonchev–Trinajstić information content (AvgIpc) is 3.93. The van der Waals surface area contributed by atoms with Gasteiger partial charge < -0.3 is 29.5 Å². The Balaban J connectivity index is 0.899. The maximum absolute atomic E-state index is 6.59. The molecule has 4 atom stereocenters. The molecule has 7 aromatic carbocycles. The van der Waals surface area contributed by atoms with Crippen LogP contribution in [0.15, 0.2) is 218 Å². The number of para-hydroxylation sites is 8. The molecular weight excluding hydrogens is 813 g/mol. The summed E-state index contributed by atoms with van der Waals surface area (Å²) in [4.78, 5) is 12.7. The van der Waals surface area contributed by atoms with E-state index in [1.165, 1.54) is 11.3 Å². The lowest BCUT2D eigenvalue weighted by Gasteiger charge is -2.52. The van der Waals surface area contributed by atoms with Crippen LogP contribution in [0.1, 0.15) is 20.3 Å². The van der Waals surface area contributed by atoms with Crippen molar-refractivity contribution in [1.29, 1.82) is 0 Å². The molecule has 8 nitrogen and oxygen atoms in total. The molecule has 66 heavy (non-hydrogen) atoms. The molecule has 0 saturated carbocycles. The molecule has 8 heteroatoms. The van der Waals surface area contributed by atoms with Crippen molar-refractivity contribution in [3.05, 3.63) is 218 Å². The maximum Gasteiger partial charge on any atom is 0.151 e. The van der Waals surface area contributed by atoms with Crippen molar-refractivity contribution in [1.82, 2.24) is 9.55 Å². The molecule has 2 aliphatic carbocycles.